The molecule has 0 amide bonds. The molecule has 3 heteroatoms. The molecule has 0 spiro atoms. The van der Waals surface area contributed by atoms with Crippen molar-refractivity contribution in [3.63, 3.8) is 0 Å². The van der Waals surface area contributed by atoms with Gasteiger partial charge in [0, 0.05) is 17.6 Å². The van der Waals surface area contributed by atoms with Crippen LogP contribution in [0.25, 0.3) is 0 Å². The van der Waals surface area contributed by atoms with Gasteiger partial charge in [-0.05, 0) is 49.1 Å². The average Bonchev–Trinajstić information content (AvgIpc) is 2.24. The van der Waals surface area contributed by atoms with E-state index in [9.17, 15) is 4.39 Å². The largest absolute Gasteiger partial charge is 0.299 e. The summed E-state index contributed by atoms with van der Waals surface area (Å²) in [4.78, 5) is 2.41. The predicted molar refractivity (Wildman–Crippen MR) is 67.8 cm³/mol. The molecule has 1 aromatic rings. The Labute approximate surface area is 105 Å². The van der Waals surface area contributed by atoms with E-state index < -0.39 is 0 Å². The second-order valence-corrected chi connectivity index (χ2v) is 5.57. The Bertz CT molecular complexity index is 367. The molecule has 1 heterocycles. The molecule has 0 radical (unpaired) electrons. The second kappa shape index (κ2) is 5.28. The summed E-state index contributed by atoms with van der Waals surface area (Å²) in [6.07, 6.45) is 2.58. The Morgan fingerprint density at radius 3 is 3.06 bits per heavy atom. The number of benzene rings is 1. The zero-order valence-corrected chi connectivity index (χ0v) is 11.1. The number of hydrogen-bond donors (Lipinski definition) is 0. The van der Waals surface area contributed by atoms with Crippen LogP contribution >= 0.6 is 15.9 Å². The average molecular weight is 286 g/mol. The summed E-state index contributed by atoms with van der Waals surface area (Å²) in [6, 6.07) is 4.91. The van der Waals surface area contributed by atoms with Gasteiger partial charge in [-0.2, -0.15) is 0 Å². The molecule has 1 aliphatic rings. The molecular weight excluding hydrogens is 269 g/mol. The monoisotopic (exact) mass is 285 g/mol. The standard InChI is InChI=1S/C13H17BrFN/c1-10-3-2-6-16(8-10)9-11-7-12(15)4-5-13(11)14/h4-5,7,10H,2-3,6,8-9H2,1H3. The van der Waals surface area contributed by atoms with Crippen LogP contribution in [0.3, 0.4) is 0 Å². The number of piperidine rings is 1. The molecule has 1 unspecified atom stereocenters. The first-order chi connectivity index (χ1) is 7.65. The maximum atomic E-state index is 13.1. The van der Waals surface area contributed by atoms with E-state index in [0.29, 0.717) is 0 Å². The van der Waals surface area contributed by atoms with Crippen molar-refractivity contribution >= 4 is 15.9 Å². The van der Waals surface area contributed by atoms with Crippen LogP contribution in [0.4, 0.5) is 4.39 Å². The molecule has 1 atom stereocenters. The number of likely N-dealkylation sites (tertiary alicyclic amines) is 1. The lowest BCUT2D eigenvalue weighted by Crippen LogP contribution is -2.33. The van der Waals surface area contributed by atoms with Gasteiger partial charge in [0.15, 0.2) is 0 Å². The lowest BCUT2D eigenvalue weighted by atomic mass is 10.00. The summed E-state index contributed by atoms with van der Waals surface area (Å²) in [6.45, 7) is 5.39. The second-order valence-electron chi connectivity index (χ2n) is 4.72. The zero-order chi connectivity index (χ0) is 11.5. The number of hydrogen-bond acceptors (Lipinski definition) is 1. The van der Waals surface area contributed by atoms with Gasteiger partial charge in [0.25, 0.3) is 0 Å². The minimum atomic E-state index is -0.150. The molecule has 0 saturated carbocycles. The Morgan fingerprint density at radius 1 is 1.50 bits per heavy atom. The van der Waals surface area contributed by atoms with Crippen LogP contribution in [0, 0.1) is 11.7 Å². The fourth-order valence-corrected chi connectivity index (χ4v) is 2.71. The summed E-state index contributed by atoms with van der Waals surface area (Å²) in [7, 11) is 0. The van der Waals surface area contributed by atoms with Gasteiger partial charge in [-0.25, -0.2) is 4.39 Å². The number of halogens is 2. The molecule has 0 bridgehead atoms. The van der Waals surface area contributed by atoms with Crippen LogP contribution < -0.4 is 0 Å². The van der Waals surface area contributed by atoms with Gasteiger partial charge in [0.1, 0.15) is 5.82 Å². The van der Waals surface area contributed by atoms with Crippen LogP contribution in [-0.4, -0.2) is 18.0 Å². The number of rotatable bonds is 2. The first-order valence-electron chi connectivity index (χ1n) is 5.81. The minimum Gasteiger partial charge on any atom is -0.299 e. The molecule has 0 aromatic heterocycles. The summed E-state index contributed by atoms with van der Waals surface area (Å²) in [5, 5.41) is 0. The molecule has 16 heavy (non-hydrogen) atoms. The van der Waals surface area contributed by atoms with Gasteiger partial charge in [0.05, 0.1) is 0 Å². The highest BCUT2D eigenvalue weighted by Crippen LogP contribution is 2.22. The molecule has 88 valence electrons. The van der Waals surface area contributed by atoms with Crippen LogP contribution in [0.15, 0.2) is 22.7 Å². The van der Waals surface area contributed by atoms with E-state index in [1.54, 1.807) is 12.1 Å². The smallest absolute Gasteiger partial charge is 0.123 e. The first-order valence-corrected chi connectivity index (χ1v) is 6.61. The Hall–Kier alpha value is -0.410. The molecule has 1 fully saturated rings. The first kappa shape index (κ1) is 12.1. The molecular formula is C13H17BrFN. The van der Waals surface area contributed by atoms with Crippen molar-refractivity contribution in [1.82, 2.24) is 4.90 Å². The fourth-order valence-electron chi connectivity index (χ4n) is 2.34. The van der Waals surface area contributed by atoms with Crippen molar-refractivity contribution < 1.29 is 4.39 Å². The lowest BCUT2D eigenvalue weighted by Gasteiger charge is -2.31. The topological polar surface area (TPSA) is 3.24 Å². The van der Waals surface area contributed by atoms with Crippen LogP contribution in [0.2, 0.25) is 0 Å². The third-order valence-corrected chi connectivity index (χ3v) is 3.92. The lowest BCUT2D eigenvalue weighted by molar-refractivity contribution is 0.176. The fraction of sp³-hybridized carbons (Fsp3) is 0.538. The van der Waals surface area contributed by atoms with Crippen molar-refractivity contribution in [2.24, 2.45) is 5.92 Å². The van der Waals surface area contributed by atoms with E-state index in [-0.39, 0.29) is 5.82 Å². The molecule has 0 aliphatic carbocycles. The van der Waals surface area contributed by atoms with Crippen LogP contribution in [0.1, 0.15) is 25.3 Å². The number of nitrogens with zero attached hydrogens (tertiary/aromatic N) is 1. The summed E-state index contributed by atoms with van der Waals surface area (Å²) >= 11 is 3.48. The van der Waals surface area contributed by atoms with Crippen molar-refractivity contribution in [3.8, 4) is 0 Å². The van der Waals surface area contributed by atoms with E-state index in [4.69, 9.17) is 0 Å². The molecule has 1 aliphatic heterocycles. The van der Waals surface area contributed by atoms with Crippen molar-refractivity contribution in [2.75, 3.05) is 13.1 Å². The SMILES string of the molecule is CC1CCCN(Cc2cc(F)ccc2Br)C1. The van der Waals surface area contributed by atoms with E-state index in [1.807, 2.05) is 0 Å². The third kappa shape index (κ3) is 3.05. The summed E-state index contributed by atoms with van der Waals surface area (Å²) in [5.74, 6) is 0.615. The highest BCUT2D eigenvalue weighted by molar-refractivity contribution is 9.10. The van der Waals surface area contributed by atoms with Gasteiger partial charge in [-0.1, -0.05) is 22.9 Å². The van der Waals surface area contributed by atoms with E-state index in [2.05, 4.69) is 27.8 Å². The quantitative estimate of drug-likeness (QED) is 0.799. The molecule has 1 saturated heterocycles. The van der Waals surface area contributed by atoms with Crippen molar-refractivity contribution in [3.05, 3.63) is 34.1 Å². The maximum Gasteiger partial charge on any atom is 0.123 e. The van der Waals surface area contributed by atoms with Gasteiger partial charge in [-0.3, -0.25) is 4.90 Å². The molecule has 1 nitrogen and oxygen atoms in total. The van der Waals surface area contributed by atoms with E-state index in [0.717, 1.165) is 35.6 Å². The maximum absolute atomic E-state index is 13.1. The zero-order valence-electron chi connectivity index (χ0n) is 9.55. The Morgan fingerprint density at radius 2 is 2.31 bits per heavy atom. The summed E-state index contributed by atoms with van der Waals surface area (Å²) in [5.41, 5.74) is 1.05. The van der Waals surface area contributed by atoms with Crippen molar-refractivity contribution in [2.45, 2.75) is 26.3 Å². The third-order valence-electron chi connectivity index (χ3n) is 3.14. The van der Waals surface area contributed by atoms with Gasteiger partial charge in [0.2, 0.25) is 0 Å². The molecule has 0 N–H and O–H groups in total. The van der Waals surface area contributed by atoms with Gasteiger partial charge >= 0.3 is 0 Å². The Kier molecular flexibility index (Phi) is 3.98. The highest BCUT2D eigenvalue weighted by Gasteiger charge is 2.17. The normalized spacial score (nSPS) is 22.3. The van der Waals surface area contributed by atoms with Crippen LogP contribution in [-0.2, 0) is 6.54 Å². The predicted octanol–water partition coefficient (Wildman–Crippen LogP) is 3.82. The summed E-state index contributed by atoms with van der Waals surface area (Å²) < 4.78 is 14.1. The Balaban J connectivity index is 2.05. The van der Waals surface area contributed by atoms with Gasteiger partial charge < -0.3 is 0 Å². The van der Waals surface area contributed by atoms with Crippen LogP contribution in [0.5, 0.6) is 0 Å². The molecule has 2 rings (SSSR count). The minimum absolute atomic E-state index is 0.150. The highest BCUT2D eigenvalue weighted by atomic mass is 79.9. The van der Waals surface area contributed by atoms with Gasteiger partial charge in [-0.15, -0.1) is 0 Å². The van der Waals surface area contributed by atoms with Crippen molar-refractivity contribution in [1.29, 1.82) is 0 Å². The molecule has 1 aromatic carbocycles. The van der Waals surface area contributed by atoms with E-state index >= 15 is 0 Å². The van der Waals surface area contributed by atoms with E-state index in [1.165, 1.54) is 18.9 Å².